The fourth-order valence-electron chi connectivity index (χ4n) is 2.07. The number of nitrogens with one attached hydrogen (secondary N) is 1. The molecule has 0 aromatic heterocycles. The van der Waals surface area contributed by atoms with Gasteiger partial charge in [0.25, 0.3) is 0 Å². The molecule has 0 spiro atoms. The Hall–Kier alpha value is -1.51. The second-order valence-corrected chi connectivity index (χ2v) is 5.17. The van der Waals surface area contributed by atoms with E-state index in [0.29, 0.717) is 6.04 Å². The first-order valence-corrected chi connectivity index (χ1v) is 6.76. The molecule has 0 bridgehead atoms. The van der Waals surface area contributed by atoms with Crippen LogP contribution in [0.2, 0.25) is 5.02 Å². The minimum Gasteiger partial charge on any atom is -0.392 e. The highest BCUT2D eigenvalue weighted by molar-refractivity contribution is 6.30. The zero-order valence-electron chi connectivity index (χ0n) is 10.9. The zero-order valence-corrected chi connectivity index (χ0v) is 11.7. The molecule has 0 amide bonds. The van der Waals surface area contributed by atoms with Gasteiger partial charge in [-0.2, -0.15) is 0 Å². The highest BCUT2D eigenvalue weighted by atomic mass is 35.5. The van der Waals surface area contributed by atoms with Crippen molar-refractivity contribution < 1.29 is 5.11 Å². The number of benzene rings is 2. The molecule has 2 aromatic carbocycles. The normalized spacial score (nSPS) is 12.2. The third kappa shape index (κ3) is 4.27. The van der Waals surface area contributed by atoms with Crippen LogP contribution in [0.25, 0.3) is 0 Å². The third-order valence-corrected chi connectivity index (χ3v) is 3.23. The molecule has 2 aromatic rings. The Morgan fingerprint density at radius 3 is 2.53 bits per heavy atom. The fraction of sp³-hybridized carbons (Fsp3) is 0.250. The number of hydrogen-bond acceptors (Lipinski definition) is 2. The highest BCUT2D eigenvalue weighted by Crippen LogP contribution is 2.15. The lowest BCUT2D eigenvalue weighted by molar-refractivity contribution is 0.282. The maximum atomic E-state index is 9.12. The standard InChI is InChI=1S/C16H18ClNO/c1-12(9-13-5-7-15(17)8-6-13)18-16-4-2-3-14(10-16)11-19/h2-8,10,12,18-19H,9,11H2,1H3. The third-order valence-electron chi connectivity index (χ3n) is 2.98. The number of anilines is 1. The summed E-state index contributed by atoms with van der Waals surface area (Å²) in [5.74, 6) is 0. The molecule has 19 heavy (non-hydrogen) atoms. The SMILES string of the molecule is CC(Cc1ccc(Cl)cc1)Nc1cccc(CO)c1. The van der Waals surface area contributed by atoms with Gasteiger partial charge < -0.3 is 10.4 Å². The molecule has 0 aliphatic heterocycles. The van der Waals surface area contributed by atoms with E-state index in [4.69, 9.17) is 16.7 Å². The van der Waals surface area contributed by atoms with E-state index in [1.54, 1.807) is 0 Å². The van der Waals surface area contributed by atoms with Crippen LogP contribution in [0.15, 0.2) is 48.5 Å². The van der Waals surface area contributed by atoms with Gasteiger partial charge in [-0.1, -0.05) is 35.9 Å². The van der Waals surface area contributed by atoms with Crippen LogP contribution in [0.5, 0.6) is 0 Å². The van der Waals surface area contributed by atoms with Crippen molar-refractivity contribution in [3.05, 3.63) is 64.7 Å². The van der Waals surface area contributed by atoms with Gasteiger partial charge >= 0.3 is 0 Å². The van der Waals surface area contributed by atoms with Crippen LogP contribution in [-0.2, 0) is 13.0 Å². The summed E-state index contributed by atoms with van der Waals surface area (Å²) >= 11 is 5.87. The van der Waals surface area contributed by atoms with Gasteiger partial charge in [-0.05, 0) is 48.7 Å². The van der Waals surface area contributed by atoms with Crippen LogP contribution in [0.3, 0.4) is 0 Å². The quantitative estimate of drug-likeness (QED) is 0.868. The van der Waals surface area contributed by atoms with Gasteiger partial charge in [-0.15, -0.1) is 0 Å². The smallest absolute Gasteiger partial charge is 0.0682 e. The van der Waals surface area contributed by atoms with Crippen molar-refractivity contribution in [3.8, 4) is 0 Å². The number of aliphatic hydroxyl groups excluding tert-OH is 1. The minimum absolute atomic E-state index is 0.0705. The van der Waals surface area contributed by atoms with E-state index in [9.17, 15) is 0 Å². The summed E-state index contributed by atoms with van der Waals surface area (Å²) in [7, 11) is 0. The van der Waals surface area contributed by atoms with Gasteiger partial charge in [0.15, 0.2) is 0 Å². The Morgan fingerprint density at radius 2 is 1.84 bits per heavy atom. The van der Waals surface area contributed by atoms with Gasteiger partial charge in [-0.3, -0.25) is 0 Å². The van der Waals surface area contributed by atoms with E-state index in [1.165, 1.54) is 5.56 Å². The van der Waals surface area contributed by atoms with Crippen LogP contribution in [0.4, 0.5) is 5.69 Å². The summed E-state index contributed by atoms with van der Waals surface area (Å²) in [6.07, 6.45) is 0.931. The maximum Gasteiger partial charge on any atom is 0.0682 e. The predicted molar refractivity (Wildman–Crippen MR) is 80.6 cm³/mol. The number of hydrogen-bond donors (Lipinski definition) is 2. The predicted octanol–water partition coefficient (Wildman–Crippen LogP) is 3.88. The molecule has 0 saturated heterocycles. The Labute approximate surface area is 119 Å². The lowest BCUT2D eigenvalue weighted by Crippen LogP contribution is -2.18. The lowest BCUT2D eigenvalue weighted by atomic mass is 10.1. The number of halogens is 1. The topological polar surface area (TPSA) is 32.3 Å². The zero-order chi connectivity index (χ0) is 13.7. The van der Waals surface area contributed by atoms with Crippen molar-refractivity contribution in [2.75, 3.05) is 5.32 Å². The summed E-state index contributed by atoms with van der Waals surface area (Å²) in [5, 5.41) is 13.3. The summed E-state index contributed by atoms with van der Waals surface area (Å²) in [6.45, 7) is 2.21. The molecule has 2 rings (SSSR count). The molecule has 0 heterocycles. The first-order chi connectivity index (χ1) is 9.17. The molecule has 100 valence electrons. The van der Waals surface area contributed by atoms with Crippen molar-refractivity contribution >= 4 is 17.3 Å². The summed E-state index contributed by atoms with van der Waals surface area (Å²) < 4.78 is 0. The molecule has 2 nitrogen and oxygen atoms in total. The second-order valence-electron chi connectivity index (χ2n) is 4.73. The molecular weight excluding hydrogens is 258 g/mol. The van der Waals surface area contributed by atoms with Gasteiger partial charge in [0.05, 0.1) is 6.61 Å². The monoisotopic (exact) mass is 275 g/mol. The molecule has 1 unspecified atom stereocenters. The van der Waals surface area contributed by atoms with Gasteiger partial charge in [0.1, 0.15) is 0 Å². The molecule has 0 saturated carbocycles. The highest BCUT2D eigenvalue weighted by Gasteiger charge is 2.04. The van der Waals surface area contributed by atoms with Gasteiger partial charge in [0, 0.05) is 16.8 Å². The van der Waals surface area contributed by atoms with Crippen LogP contribution in [0.1, 0.15) is 18.1 Å². The average molecular weight is 276 g/mol. The van der Waals surface area contributed by atoms with Crippen LogP contribution >= 0.6 is 11.6 Å². The van der Waals surface area contributed by atoms with E-state index in [1.807, 2.05) is 48.5 Å². The van der Waals surface area contributed by atoms with Crippen molar-refractivity contribution in [1.29, 1.82) is 0 Å². The second kappa shape index (κ2) is 6.60. The Balaban J connectivity index is 1.96. The van der Waals surface area contributed by atoms with E-state index < -0.39 is 0 Å². The van der Waals surface area contributed by atoms with Crippen molar-refractivity contribution in [1.82, 2.24) is 0 Å². The molecule has 2 N–H and O–H groups in total. The van der Waals surface area contributed by atoms with Gasteiger partial charge in [0.2, 0.25) is 0 Å². The van der Waals surface area contributed by atoms with E-state index >= 15 is 0 Å². The lowest BCUT2D eigenvalue weighted by Gasteiger charge is -2.16. The fourth-order valence-corrected chi connectivity index (χ4v) is 2.20. The molecule has 0 radical (unpaired) electrons. The molecule has 3 heteroatoms. The van der Waals surface area contributed by atoms with Crippen molar-refractivity contribution in [2.24, 2.45) is 0 Å². The molecule has 0 fully saturated rings. The largest absolute Gasteiger partial charge is 0.392 e. The molecule has 0 aliphatic rings. The van der Waals surface area contributed by atoms with Crippen molar-refractivity contribution in [3.63, 3.8) is 0 Å². The first-order valence-electron chi connectivity index (χ1n) is 6.38. The number of rotatable bonds is 5. The first kappa shape index (κ1) is 13.9. The Bertz CT molecular complexity index is 525. The van der Waals surface area contributed by atoms with E-state index in [-0.39, 0.29) is 6.61 Å². The molecular formula is C16H18ClNO. The van der Waals surface area contributed by atoms with Gasteiger partial charge in [-0.25, -0.2) is 0 Å². The molecule has 0 aliphatic carbocycles. The molecule has 1 atom stereocenters. The minimum atomic E-state index is 0.0705. The summed E-state index contributed by atoms with van der Waals surface area (Å²) in [4.78, 5) is 0. The van der Waals surface area contributed by atoms with E-state index in [0.717, 1.165) is 22.7 Å². The maximum absolute atomic E-state index is 9.12. The van der Waals surface area contributed by atoms with Crippen LogP contribution in [0, 0.1) is 0 Å². The van der Waals surface area contributed by atoms with Crippen LogP contribution in [-0.4, -0.2) is 11.1 Å². The Morgan fingerprint density at radius 1 is 1.11 bits per heavy atom. The summed E-state index contributed by atoms with van der Waals surface area (Å²) in [5.41, 5.74) is 3.21. The van der Waals surface area contributed by atoms with Crippen LogP contribution < -0.4 is 5.32 Å². The average Bonchev–Trinajstić information content (AvgIpc) is 2.41. The number of aliphatic hydroxyl groups is 1. The van der Waals surface area contributed by atoms with Crippen molar-refractivity contribution in [2.45, 2.75) is 26.0 Å². The van der Waals surface area contributed by atoms with E-state index in [2.05, 4.69) is 12.2 Å². The summed E-state index contributed by atoms with van der Waals surface area (Å²) in [6, 6.07) is 16.1. The Kier molecular flexibility index (Phi) is 4.83.